The second-order valence-electron chi connectivity index (χ2n) is 8.70. The molecule has 1 unspecified atom stereocenters. The van der Waals surface area contributed by atoms with Crippen molar-refractivity contribution in [3.8, 4) is 11.1 Å². The Morgan fingerprint density at radius 3 is 2.00 bits per heavy atom. The van der Waals surface area contributed by atoms with Crippen molar-refractivity contribution in [1.29, 1.82) is 0 Å². The zero-order valence-corrected chi connectivity index (χ0v) is 19.4. The second kappa shape index (κ2) is 10.9. The number of fused-ring (bicyclic) bond motifs is 3. The number of carbonyl (C=O) groups excluding carboxylic acids is 2. The first-order chi connectivity index (χ1) is 16.9. The molecule has 35 heavy (non-hydrogen) atoms. The second-order valence-corrected chi connectivity index (χ2v) is 8.70. The Morgan fingerprint density at radius 2 is 1.40 bits per heavy atom. The normalized spacial score (nSPS) is 13.7. The summed E-state index contributed by atoms with van der Waals surface area (Å²) in [5.74, 6) is -1.41. The maximum atomic E-state index is 12.8. The van der Waals surface area contributed by atoms with Crippen LogP contribution in [0.15, 0.2) is 78.9 Å². The highest BCUT2D eigenvalue weighted by Gasteiger charge is 2.29. The van der Waals surface area contributed by atoms with E-state index in [1.807, 2.05) is 54.6 Å². The highest BCUT2D eigenvalue weighted by atomic mass is 16.5. The van der Waals surface area contributed by atoms with E-state index in [-0.39, 0.29) is 31.3 Å². The van der Waals surface area contributed by atoms with Crippen LogP contribution in [0.2, 0.25) is 0 Å². The van der Waals surface area contributed by atoms with Crippen molar-refractivity contribution in [2.45, 2.75) is 37.8 Å². The highest BCUT2D eigenvalue weighted by molar-refractivity contribution is 5.80. The predicted molar refractivity (Wildman–Crippen MR) is 132 cm³/mol. The molecular formula is C28H28N2O5. The number of carboxylic acids is 1. The summed E-state index contributed by atoms with van der Waals surface area (Å²) in [6, 6.07) is 24.2. The van der Waals surface area contributed by atoms with Gasteiger partial charge in [0.25, 0.3) is 0 Å². The minimum absolute atomic E-state index is 0.0435. The van der Waals surface area contributed by atoms with Gasteiger partial charge in [0.15, 0.2) is 0 Å². The number of amides is 2. The molecule has 0 spiro atoms. The molecule has 0 fully saturated rings. The van der Waals surface area contributed by atoms with Gasteiger partial charge >= 0.3 is 12.1 Å². The molecule has 3 aromatic carbocycles. The molecule has 0 radical (unpaired) electrons. The van der Waals surface area contributed by atoms with E-state index in [4.69, 9.17) is 9.84 Å². The lowest BCUT2D eigenvalue weighted by Crippen LogP contribution is -2.38. The number of carboxylic acid groups (broad SMARTS) is 1. The minimum Gasteiger partial charge on any atom is -0.481 e. The molecule has 0 aliphatic heterocycles. The van der Waals surface area contributed by atoms with Crippen LogP contribution in [-0.4, -0.2) is 35.7 Å². The minimum atomic E-state index is -0.992. The molecule has 7 nitrogen and oxygen atoms in total. The Bertz CT molecular complexity index is 1170. The maximum absolute atomic E-state index is 12.8. The molecule has 2 atom stereocenters. The van der Waals surface area contributed by atoms with E-state index in [1.165, 1.54) is 0 Å². The number of carbonyl (C=O) groups is 3. The molecule has 0 saturated heterocycles. The van der Waals surface area contributed by atoms with Gasteiger partial charge in [-0.15, -0.1) is 0 Å². The van der Waals surface area contributed by atoms with Gasteiger partial charge < -0.3 is 20.5 Å². The summed E-state index contributed by atoms with van der Waals surface area (Å²) in [5, 5.41) is 14.4. The number of alkyl carbamates (subject to hydrolysis) is 1. The molecule has 3 aromatic rings. The van der Waals surface area contributed by atoms with Crippen LogP contribution in [0.3, 0.4) is 0 Å². The van der Waals surface area contributed by atoms with Crippen LogP contribution in [0.5, 0.6) is 0 Å². The van der Waals surface area contributed by atoms with E-state index in [9.17, 15) is 14.4 Å². The zero-order valence-electron chi connectivity index (χ0n) is 19.4. The van der Waals surface area contributed by atoms with Crippen LogP contribution in [-0.2, 0) is 14.3 Å². The van der Waals surface area contributed by atoms with Crippen LogP contribution >= 0.6 is 0 Å². The Labute approximate surface area is 204 Å². The first kappa shape index (κ1) is 24.0. The molecule has 0 aromatic heterocycles. The van der Waals surface area contributed by atoms with Crippen molar-refractivity contribution in [2.75, 3.05) is 6.61 Å². The summed E-state index contributed by atoms with van der Waals surface area (Å²) >= 11 is 0. The average Bonchev–Trinajstić information content (AvgIpc) is 3.16. The average molecular weight is 473 g/mol. The van der Waals surface area contributed by atoms with E-state index in [2.05, 4.69) is 34.9 Å². The van der Waals surface area contributed by atoms with Crippen molar-refractivity contribution >= 4 is 18.0 Å². The summed E-state index contributed by atoms with van der Waals surface area (Å²) in [6.45, 7) is 1.80. The van der Waals surface area contributed by atoms with Crippen molar-refractivity contribution in [1.82, 2.24) is 10.6 Å². The highest BCUT2D eigenvalue weighted by Crippen LogP contribution is 2.44. The van der Waals surface area contributed by atoms with Crippen molar-refractivity contribution in [3.63, 3.8) is 0 Å². The summed E-state index contributed by atoms with van der Waals surface area (Å²) in [7, 11) is 0. The molecule has 0 heterocycles. The van der Waals surface area contributed by atoms with Crippen LogP contribution in [0.4, 0.5) is 4.79 Å². The molecule has 4 rings (SSSR count). The van der Waals surface area contributed by atoms with Gasteiger partial charge in [0, 0.05) is 12.0 Å². The summed E-state index contributed by atoms with van der Waals surface area (Å²) < 4.78 is 5.65. The summed E-state index contributed by atoms with van der Waals surface area (Å²) in [6.07, 6.45) is -0.841. The third-order valence-electron chi connectivity index (χ3n) is 6.12. The largest absolute Gasteiger partial charge is 0.481 e. The lowest BCUT2D eigenvalue weighted by Gasteiger charge is -2.21. The molecule has 3 N–H and O–H groups in total. The van der Waals surface area contributed by atoms with Gasteiger partial charge in [0.1, 0.15) is 6.61 Å². The van der Waals surface area contributed by atoms with Gasteiger partial charge in [0.2, 0.25) is 5.91 Å². The fourth-order valence-electron chi connectivity index (χ4n) is 4.55. The molecule has 1 aliphatic carbocycles. The van der Waals surface area contributed by atoms with Crippen LogP contribution in [0.1, 0.15) is 48.4 Å². The zero-order chi connectivity index (χ0) is 24.8. The van der Waals surface area contributed by atoms with Gasteiger partial charge in [-0.25, -0.2) is 4.79 Å². The number of ether oxygens (including phenoxy) is 1. The standard InChI is InChI=1S/C28H28N2O5/c1-18(15-27(32)33)29-26(31)16-25(19-9-3-2-4-10-19)30-28(34)35-17-24-22-13-7-5-11-20(22)21-12-6-8-14-23(21)24/h2-14,18,24-25H,15-17H2,1H3,(H,29,31)(H,30,34)(H,32,33)/t18-,25?/m1/s1. The monoisotopic (exact) mass is 472 g/mol. The number of rotatable bonds is 9. The number of benzene rings is 3. The molecule has 7 heteroatoms. The lowest BCUT2D eigenvalue weighted by molar-refractivity contribution is -0.137. The van der Waals surface area contributed by atoms with Gasteiger partial charge in [-0.3, -0.25) is 9.59 Å². The van der Waals surface area contributed by atoms with Crippen LogP contribution in [0.25, 0.3) is 11.1 Å². The summed E-state index contributed by atoms with van der Waals surface area (Å²) in [4.78, 5) is 36.2. The SMILES string of the molecule is C[C@H](CC(=O)O)NC(=O)CC(NC(=O)OCC1c2ccccc2-c2ccccc21)c1ccccc1. The Kier molecular flexibility index (Phi) is 7.45. The molecule has 180 valence electrons. The maximum Gasteiger partial charge on any atom is 0.407 e. The number of aliphatic carboxylic acids is 1. The van der Waals surface area contributed by atoms with Gasteiger partial charge in [-0.2, -0.15) is 0 Å². The lowest BCUT2D eigenvalue weighted by atomic mass is 9.98. The Balaban J connectivity index is 1.42. The number of nitrogens with one attached hydrogen (secondary N) is 2. The third kappa shape index (κ3) is 5.87. The first-order valence-corrected chi connectivity index (χ1v) is 11.6. The van der Waals surface area contributed by atoms with Gasteiger partial charge in [-0.1, -0.05) is 78.9 Å². The van der Waals surface area contributed by atoms with E-state index in [0.717, 1.165) is 27.8 Å². The third-order valence-corrected chi connectivity index (χ3v) is 6.12. The fraction of sp³-hybridized carbons (Fsp3) is 0.250. The van der Waals surface area contributed by atoms with Crippen molar-refractivity contribution in [2.24, 2.45) is 0 Å². The van der Waals surface area contributed by atoms with Gasteiger partial charge in [-0.05, 0) is 34.7 Å². The van der Waals surface area contributed by atoms with Crippen LogP contribution < -0.4 is 10.6 Å². The predicted octanol–water partition coefficient (Wildman–Crippen LogP) is 4.64. The van der Waals surface area contributed by atoms with Crippen molar-refractivity contribution < 1.29 is 24.2 Å². The molecule has 1 aliphatic rings. The van der Waals surface area contributed by atoms with E-state index < -0.39 is 24.1 Å². The van der Waals surface area contributed by atoms with E-state index >= 15 is 0 Å². The molecule has 0 bridgehead atoms. The Hall–Kier alpha value is -4.13. The number of hydrogen-bond donors (Lipinski definition) is 3. The summed E-state index contributed by atoms with van der Waals surface area (Å²) in [5.41, 5.74) is 5.28. The molecular weight excluding hydrogens is 444 g/mol. The number of hydrogen-bond acceptors (Lipinski definition) is 4. The van der Waals surface area contributed by atoms with E-state index in [1.54, 1.807) is 6.92 Å². The van der Waals surface area contributed by atoms with E-state index in [0.29, 0.717) is 0 Å². The fourth-order valence-corrected chi connectivity index (χ4v) is 4.55. The van der Waals surface area contributed by atoms with Crippen LogP contribution in [0, 0.1) is 0 Å². The quantitative estimate of drug-likeness (QED) is 0.421. The Morgan fingerprint density at radius 1 is 0.829 bits per heavy atom. The van der Waals surface area contributed by atoms with Gasteiger partial charge in [0.05, 0.1) is 18.9 Å². The topological polar surface area (TPSA) is 105 Å². The first-order valence-electron chi connectivity index (χ1n) is 11.6. The molecule has 2 amide bonds. The molecule has 0 saturated carbocycles. The smallest absolute Gasteiger partial charge is 0.407 e. The van der Waals surface area contributed by atoms with Crippen molar-refractivity contribution in [3.05, 3.63) is 95.6 Å².